The van der Waals surface area contributed by atoms with Crippen molar-refractivity contribution in [3.05, 3.63) is 34.3 Å². The molecule has 0 radical (unpaired) electrons. The first-order valence-corrected chi connectivity index (χ1v) is 9.43. The SMILES string of the molecule is C#CCNC(=O)C1(c2ccc(Br)cc2)CCN(C(=O)OC(C)(C)C)CC1. The van der Waals surface area contributed by atoms with Gasteiger partial charge in [-0.25, -0.2) is 4.79 Å². The highest BCUT2D eigenvalue weighted by Crippen LogP contribution is 2.37. The van der Waals surface area contributed by atoms with Crippen molar-refractivity contribution in [2.24, 2.45) is 0 Å². The summed E-state index contributed by atoms with van der Waals surface area (Å²) in [5.41, 5.74) is -0.309. The molecule has 0 saturated carbocycles. The summed E-state index contributed by atoms with van der Waals surface area (Å²) in [6, 6.07) is 7.74. The summed E-state index contributed by atoms with van der Waals surface area (Å²) in [7, 11) is 0. The fourth-order valence-corrected chi connectivity index (χ4v) is 3.38. The summed E-state index contributed by atoms with van der Waals surface area (Å²) in [6.07, 6.45) is 5.98. The van der Waals surface area contributed by atoms with E-state index in [-0.39, 0.29) is 18.5 Å². The number of terminal acetylenes is 1. The predicted molar refractivity (Wildman–Crippen MR) is 105 cm³/mol. The zero-order chi connectivity index (χ0) is 19.4. The lowest BCUT2D eigenvalue weighted by Crippen LogP contribution is -2.53. The molecule has 1 aromatic carbocycles. The van der Waals surface area contributed by atoms with Gasteiger partial charge in [0.2, 0.25) is 5.91 Å². The van der Waals surface area contributed by atoms with Gasteiger partial charge in [-0.05, 0) is 51.3 Å². The third-order valence-electron chi connectivity index (χ3n) is 4.45. The second kappa shape index (κ2) is 8.13. The molecule has 1 aliphatic rings. The molecule has 2 rings (SSSR count). The lowest BCUT2D eigenvalue weighted by Gasteiger charge is -2.41. The minimum Gasteiger partial charge on any atom is -0.444 e. The van der Waals surface area contributed by atoms with Gasteiger partial charge in [0.25, 0.3) is 0 Å². The predicted octanol–water partition coefficient (Wildman–Crippen LogP) is 3.47. The van der Waals surface area contributed by atoms with Crippen LogP contribution >= 0.6 is 15.9 Å². The van der Waals surface area contributed by atoms with Gasteiger partial charge >= 0.3 is 6.09 Å². The summed E-state index contributed by atoms with van der Waals surface area (Å²) >= 11 is 3.43. The Bertz CT molecular complexity index is 693. The number of ether oxygens (including phenoxy) is 1. The Kier molecular flexibility index (Phi) is 6.35. The van der Waals surface area contributed by atoms with Crippen LogP contribution in [0.1, 0.15) is 39.2 Å². The molecule has 0 aliphatic carbocycles. The smallest absolute Gasteiger partial charge is 0.410 e. The van der Waals surface area contributed by atoms with Gasteiger partial charge in [0, 0.05) is 17.6 Å². The summed E-state index contributed by atoms with van der Waals surface area (Å²) < 4.78 is 6.40. The summed E-state index contributed by atoms with van der Waals surface area (Å²) in [5.74, 6) is 2.35. The zero-order valence-electron chi connectivity index (χ0n) is 15.5. The molecule has 0 unspecified atom stereocenters. The fraction of sp³-hybridized carbons (Fsp3) is 0.500. The van der Waals surface area contributed by atoms with Gasteiger partial charge in [-0.1, -0.05) is 34.0 Å². The van der Waals surface area contributed by atoms with Crippen molar-refractivity contribution in [3.63, 3.8) is 0 Å². The number of nitrogens with zero attached hydrogens (tertiary/aromatic N) is 1. The first-order valence-electron chi connectivity index (χ1n) is 8.64. The van der Waals surface area contributed by atoms with E-state index >= 15 is 0 Å². The molecule has 1 fully saturated rings. The molecule has 1 aliphatic heterocycles. The topological polar surface area (TPSA) is 58.6 Å². The molecular weight excluding hydrogens is 396 g/mol. The Morgan fingerprint density at radius 3 is 2.35 bits per heavy atom. The van der Waals surface area contributed by atoms with E-state index in [4.69, 9.17) is 11.2 Å². The largest absolute Gasteiger partial charge is 0.444 e. The molecule has 1 N–H and O–H groups in total. The fourth-order valence-electron chi connectivity index (χ4n) is 3.11. The summed E-state index contributed by atoms with van der Waals surface area (Å²) in [6.45, 7) is 6.62. The number of hydrogen-bond acceptors (Lipinski definition) is 3. The van der Waals surface area contributed by atoms with Crippen LogP contribution in [-0.2, 0) is 14.9 Å². The van der Waals surface area contributed by atoms with Gasteiger partial charge in [0.05, 0.1) is 12.0 Å². The minimum atomic E-state index is -0.698. The van der Waals surface area contributed by atoms with Crippen molar-refractivity contribution in [2.45, 2.75) is 44.6 Å². The Hall–Kier alpha value is -2.00. The van der Waals surface area contributed by atoms with Gasteiger partial charge in [0.1, 0.15) is 5.60 Å². The lowest BCUT2D eigenvalue weighted by atomic mass is 9.72. The number of piperidine rings is 1. The average molecular weight is 421 g/mol. The second-order valence-corrected chi connectivity index (χ2v) is 8.36. The second-order valence-electron chi connectivity index (χ2n) is 7.44. The lowest BCUT2D eigenvalue weighted by molar-refractivity contribution is -0.128. The van der Waals surface area contributed by atoms with Crippen LogP contribution < -0.4 is 5.32 Å². The van der Waals surface area contributed by atoms with Crippen LogP contribution in [-0.4, -0.2) is 42.1 Å². The van der Waals surface area contributed by atoms with E-state index in [1.165, 1.54) is 0 Å². The number of rotatable bonds is 3. The molecule has 1 heterocycles. The Morgan fingerprint density at radius 1 is 1.27 bits per heavy atom. The van der Waals surface area contributed by atoms with E-state index in [1.54, 1.807) is 4.90 Å². The molecule has 1 aromatic rings. The molecule has 0 atom stereocenters. The van der Waals surface area contributed by atoms with E-state index in [1.807, 2.05) is 45.0 Å². The first-order chi connectivity index (χ1) is 12.2. The van der Waals surface area contributed by atoms with Crippen LogP contribution in [0.5, 0.6) is 0 Å². The Balaban J connectivity index is 2.20. The molecule has 140 valence electrons. The number of carbonyl (C=O) groups excluding carboxylic acids is 2. The number of likely N-dealkylation sites (tertiary alicyclic amines) is 1. The van der Waals surface area contributed by atoms with Crippen LogP contribution in [0.4, 0.5) is 4.79 Å². The normalized spacial score (nSPS) is 16.5. The highest BCUT2D eigenvalue weighted by molar-refractivity contribution is 9.10. The maximum atomic E-state index is 12.9. The van der Waals surface area contributed by atoms with E-state index in [2.05, 4.69) is 27.2 Å². The van der Waals surface area contributed by atoms with Crippen LogP contribution in [0.25, 0.3) is 0 Å². The molecule has 6 heteroatoms. The monoisotopic (exact) mass is 420 g/mol. The van der Waals surface area contributed by atoms with Gasteiger partial charge in [-0.15, -0.1) is 6.42 Å². The van der Waals surface area contributed by atoms with E-state index in [0.717, 1.165) is 10.0 Å². The number of hydrogen-bond donors (Lipinski definition) is 1. The first kappa shape index (κ1) is 20.3. The Labute approximate surface area is 163 Å². The number of amides is 2. The number of carbonyl (C=O) groups is 2. The van der Waals surface area contributed by atoms with E-state index in [9.17, 15) is 9.59 Å². The van der Waals surface area contributed by atoms with Crippen LogP contribution in [0.3, 0.4) is 0 Å². The van der Waals surface area contributed by atoms with Crippen LogP contribution in [0.2, 0.25) is 0 Å². The molecule has 1 saturated heterocycles. The third kappa shape index (κ3) is 4.79. The molecule has 26 heavy (non-hydrogen) atoms. The molecule has 0 aromatic heterocycles. The maximum Gasteiger partial charge on any atom is 0.410 e. The van der Waals surface area contributed by atoms with Gasteiger partial charge < -0.3 is 15.0 Å². The van der Waals surface area contributed by atoms with E-state index < -0.39 is 11.0 Å². The Morgan fingerprint density at radius 2 is 1.85 bits per heavy atom. The quantitative estimate of drug-likeness (QED) is 0.761. The molecular formula is C20H25BrN2O3. The van der Waals surface area contributed by atoms with Crippen molar-refractivity contribution in [3.8, 4) is 12.3 Å². The van der Waals surface area contributed by atoms with Crippen LogP contribution in [0.15, 0.2) is 28.7 Å². The summed E-state index contributed by atoms with van der Waals surface area (Å²) in [4.78, 5) is 26.9. The van der Waals surface area contributed by atoms with Crippen molar-refractivity contribution < 1.29 is 14.3 Å². The van der Waals surface area contributed by atoms with Crippen molar-refractivity contribution in [2.75, 3.05) is 19.6 Å². The number of nitrogens with one attached hydrogen (secondary N) is 1. The third-order valence-corrected chi connectivity index (χ3v) is 4.98. The van der Waals surface area contributed by atoms with Crippen LogP contribution in [0, 0.1) is 12.3 Å². The molecule has 0 bridgehead atoms. The molecule has 0 spiro atoms. The van der Waals surface area contributed by atoms with Gasteiger partial charge in [-0.2, -0.15) is 0 Å². The zero-order valence-corrected chi connectivity index (χ0v) is 17.1. The maximum absolute atomic E-state index is 12.9. The average Bonchev–Trinajstić information content (AvgIpc) is 2.58. The van der Waals surface area contributed by atoms with Gasteiger partial charge in [0.15, 0.2) is 0 Å². The van der Waals surface area contributed by atoms with E-state index in [0.29, 0.717) is 25.9 Å². The standard InChI is InChI=1S/C20H25BrN2O3/c1-5-12-22-17(24)20(15-6-8-16(21)9-7-15)10-13-23(14-11-20)18(25)26-19(2,3)4/h1,6-9H,10-14H2,2-4H3,(H,22,24). The van der Waals surface area contributed by atoms with Crippen molar-refractivity contribution in [1.82, 2.24) is 10.2 Å². The number of halogens is 1. The van der Waals surface area contributed by atoms with Crippen molar-refractivity contribution >= 4 is 27.9 Å². The summed E-state index contributed by atoms with van der Waals surface area (Å²) in [5, 5.41) is 2.82. The molecule has 5 nitrogen and oxygen atoms in total. The minimum absolute atomic E-state index is 0.0957. The van der Waals surface area contributed by atoms with Gasteiger partial charge in [-0.3, -0.25) is 4.79 Å². The molecule has 2 amide bonds. The number of benzene rings is 1. The highest BCUT2D eigenvalue weighted by atomic mass is 79.9. The van der Waals surface area contributed by atoms with Crippen molar-refractivity contribution in [1.29, 1.82) is 0 Å². The highest BCUT2D eigenvalue weighted by Gasteiger charge is 2.44.